The molecule has 4 rings (SSSR count). The van der Waals surface area contributed by atoms with Crippen molar-refractivity contribution in [1.82, 2.24) is 14.5 Å². The minimum atomic E-state index is -0.221. The van der Waals surface area contributed by atoms with E-state index >= 15 is 0 Å². The number of benzene rings is 2. The Hall–Kier alpha value is -3.80. The lowest BCUT2D eigenvalue weighted by molar-refractivity contribution is -0.121. The number of nitrogens with one attached hydrogen (secondary N) is 1. The zero-order chi connectivity index (χ0) is 21.8. The minimum Gasteiger partial charge on any atom is -0.497 e. The SMILES string of the molecule is COc1cccc(CNC(=O)Cn2ccc3ccn(Cc4cccc(C)c4)c3c2=O)c1. The number of carbonyl (C=O) groups excluding carboxylic acids is 1. The van der Waals surface area contributed by atoms with Crippen molar-refractivity contribution >= 4 is 16.8 Å². The third kappa shape index (κ3) is 4.69. The topological polar surface area (TPSA) is 65.3 Å². The Balaban J connectivity index is 1.50. The fraction of sp³-hybridized carbons (Fsp3) is 0.200. The number of fused-ring (bicyclic) bond motifs is 1. The van der Waals surface area contributed by atoms with E-state index in [1.807, 2.05) is 72.3 Å². The average molecular weight is 415 g/mol. The van der Waals surface area contributed by atoms with E-state index in [1.54, 1.807) is 13.3 Å². The Labute approximate surface area is 180 Å². The third-order valence-corrected chi connectivity index (χ3v) is 5.27. The van der Waals surface area contributed by atoms with Gasteiger partial charge in [-0.15, -0.1) is 0 Å². The number of nitrogens with zero attached hydrogens (tertiary/aromatic N) is 2. The van der Waals surface area contributed by atoms with E-state index in [2.05, 4.69) is 11.4 Å². The number of carbonyl (C=O) groups is 1. The first-order valence-corrected chi connectivity index (χ1v) is 10.2. The third-order valence-electron chi connectivity index (χ3n) is 5.27. The van der Waals surface area contributed by atoms with Gasteiger partial charge < -0.3 is 19.2 Å². The van der Waals surface area contributed by atoms with Crippen molar-refractivity contribution in [1.29, 1.82) is 0 Å². The number of methoxy groups -OCH3 is 1. The highest BCUT2D eigenvalue weighted by molar-refractivity contribution is 5.80. The summed E-state index contributed by atoms with van der Waals surface area (Å²) in [6.45, 7) is 2.99. The highest BCUT2D eigenvalue weighted by Gasteiger charge is 2.11. The molecular weight excluding hydrogens is 390 g/mol. The van der Waals surface area contributed by atoms with Gasteiger partial charge in [-0.05, 0) is 42.3 Å². The number of ether oxygens (including phenoxy) is 1. The molecule has 0 bridgehead atoms. The molecular formula is C25H25N3O3. The van der Waals surface area contributed by atoms with Crippen LogP contribution in [0.15, 0.2) is 77.9 Å². The zero-order valence-corrected chi connectivity index (χ0v) is 17.7. The summed E-state index contributed by atoms with van der Waals surface area (Å²) in [7, 11) is 1.61. The lowest BCUT2D eigenvalue weighted by atomic mass is 10.1. The first-order valence-electron chi connectivity index (χ1n) is 10.2. The first-order chi connectivity index (χ1) is 15.0. The van der Waals surface area contributed by atoms with Crippen molar-refractivity contribution in [2.75, 3.05) is 7.11 Å². The van der Waals surface area contributed by atoms with Gasteiger partial charge in [0.15, 0.2) is 0 Å². The molecule has 0 saturated carbocycles. The second-order valence-electron chi connectivity index (χ2n) is 7.61. The van der Waals surface area contributed by atoms with Crippen LogP contribution in [0.1, 0.15) is 16.7 Å². The normalized spacial score (nSPS) is 10.9. The maximum atomic E-state index is 13.1. The molecule has 2 heterocycles. The van der Waals surface area contributed by atoms with Crippen molar-refractivity contribution in [2.24, 2.45) is 0 Å². The number of pyridine rings is 1. The van der Waals surface area contributed by atoms with Crippen LogP contribution in [0.2, 0.25) is 0 Å². The zero-order valence-electron chi connectivity index (χ0n) is 17.7. The summed E-state index contributed by atoms with van der Waals surface area (Å²) in [5.74, 6) is 0.517. The molecule has 0 atom stereocenters. The lowest BCUT2D eigenvalue weighted by Crippen LogP contribution is -2.32. The molecule has 0 unspecified atom stereocenters. The standard InChI is InChI=1S/C25H25N3O3/c1-18-5-3-7-20(13-18)16-27-11-9-21-10-12-28(25(30)24(21)27)17-23(29)26-15-19-6-4-8-22(14-19)31-2/h3-14H,15-17H2,1-2H3,(H,26,29). The van der Waals surface area contributed by atoms with E-state index < -0.39 is 0 Å². The fourth-order valence-electron chi connectivity index (χ4n) is 3.70. The predicted octanol–water partition coefficient (Wildman–Crippen LogP) is 3.48. The summed E-state index contributed by atoms with van der Waals surface area (Å²) >= 11 is 0. The Morgan fingerprint density at radius 3 is 2.48 bits per heavy atom. The quantitative estimate of drug-likeness (QED) is 0.503. The number of hydrogen-bond acceptors (Lipinski definition) is 3. The number of hydrogen-bond donors (Lipinski definition) is 1. The molecule has 2 aromatic carbocycles. The van der Waals surface area contributed by atoms with E-state index in [-0.39, 0.29) is 18.0 Å². The monoisotopic (exact) mass is 415 g/mol. The van der Waals surface area contributed by atoms with E-state index in [9.17, 15) is 9.59 Å². The summed E-state index contributed by atoms with van der Waals surface area (Å²) in [5, 5.41) is 3.73. The van der Waals surface area contributed by atoms with Gasteiger partial charge in [-0.1, -0.05) is 42.0 Å². The van der Waals surface area contributed by atoms with Crippen molar-refractivity contribution in [2.45, 2.75) is 26.6 Å². The van der Waals surface area contributed by atoms with Crippen LogP contribution in [0.4, 0.5) is 0 Å². The molecule has 0 aliphatic rings. The second-order valence-corrected chi connectivity index (χ2v) is 7.61. The molecule has 1 amide bonds. The van der Waals surface area contributed by atoms with Crippen LogP contribution in [0.3, 0.4) is 0 Å². The van der Waals surface area contributed by atoms with E-state index in [0.29, 0.717) is 18.6 Å². The van der Waals surface area contributed by atoms with Gasteiger partial charge in [0, 0.05) is 30.9 Å². The molecule has 31 heavy (non-hydrogen) atoms. The van der Waals surface area contributed by atoms with Crippen LogP contribution >= 0.6 is 0 Å². The Morgan fingerprint density at radius 1 is 0.968 bits per heavy atom. The second kappa shape index (κ2) is 8.92. The number of rotatable bonds is 7. The van der Waals surface area contributed by atoms with Gasteiger partial charge in [-0.25, -0.2) is 0 Å². The lowest BCUT2D eigenvalue weighted by Gasteiger charge is -2.10. The molecule has 4 aromatic rings. The van der Waals surface area contributed by atoms with Crippen LogP contribution in [-0.2, 0) is 24.4 Å². The van der Waals surface area contributed by atoms with Crippen molar-refractivity contribution in [3.05, 3.63) is 100 Å². The number of aryl methyl sites for hydroxylation is 1. The number of amides is 1. The van der Waals surface area contributed by atoms with Crippen LogP contribution in [-0.4, -0.2) is 22.2 Å². The molecule has 0 spiro atoms. The predicted molar refractivity (Wildman–Crippen MR) is 121 cm³/mol. The van der Waals surface area contributed by atoms with Gasteiger partial charge >= 0.3 is 0 Å². The molecule has 0 aliphatic heterocycles. The summed E-state index contributed by atoms with van der Waals surface area (Å²) in [6.07, 6.45) is 3.59. The van der Waals surface area contributed by atoms with Crippen LogP contribution < -0.4 is 15.6 Å². The van der Waals surface area contributed by atoms with Gasteiger partial charge in [0.25, 0.3) is 5.56 Å². The van der Waals surface area contributed by atoms with Gasteiger partial charge in [0.2, 0.25) is 5.91 Å². The van der Waals surface area contributed by atoms with Gasteiger partial charge in [0.05, 0.1) is 7.11 Å². The Kier molecular flexibility index (Phi) is 5.89. The Bertz CT molecular complexity index is 1290. The molecule has 1 N–H and O–H groups in total. The summed E-state index contributed by atoms with van der Waals surface area (Å²) in [5.41, 5.74) is 3.67. The van der Waals surface area contributed by atoms with E-state index in [4.69, 9.17) is 4.74 Å². The molecule has 2 aromatic heterocycles. The number of aromatic nitrogens is 2. The van der Waals surface area contributed by atoms with Crippen LogP contribution in [0.5, 0.6) is 5.75 Å². The largest absolute Gasteiger partial charge is 0.497 e. The highest BCUT2D eigenvalue weighted by atomic mass is 16.5. The van der Waals surface area contributed by atoms with Crippen molar-refractivity contribution in [3.63, 3.8) is 0 Å². The molecule has 158 valence electrons. The van der Waals surface area contributed by atoms with Gasteiger partial charge in [0.1, 0.15) is 17.8 Å². The molecule has 0 saturated heterocycles. The molecule has 6 nitrogen and oxygen atoms in total. The summed E-state index contributed by atoms with van der Waals surface area (Å²) in [4.78, 5) is 25.6. The van der Waals surface area contributed by atoms with Crippen molar-refractivity contribution in [3.8, 4) is 5.75 Å². The Morgan fingerprint density at radius 2 is 1.71 bits per heavy atom. The highest BCUT2D eigenvalue weighted by Crippen LogP contribution is 2.15. The van der Waals surface area contributed by atoms with Gasteiger partial charge in [-0.2, -0.15) is 0 Å². The maximum absolute atomic E-state index is 13.1. The minimum absolute atomic E-state index is 0.0334. The van der Waals surface area contributed by atoms with Crippen LogP contribution in [0, 0.1) is 6.92 Å². The van der Waals surface area contributed by atoms with E-state index in [1.165, 1.54) is 10.1 Å². The molecule has 0 aliphatic carbocycles. The van der Waals surface area contributed by atoms with Crippen molar-refractivity contribution < 1.29 is 9.53 Å². The average Bonchev–Trinajstić information content (AvgIpc) is 3.18. The fourth-order valence-corrected chi connectivity index (χ4v) is 3.70. The summed E-state index contributed by atoms with van der Waals surface area (Å²) in [6, 6.07) is 19.5. The first kappa shape index (κ1) is 20.5. The molecule has 6 heteroatoms. The van der Waals surface area contributed by atoms with Gasteiger partial charge in [-0.3, -0.25) is 9.59 Å². The molecule has 0 fully saturated rings. The summed E-state index contributed by atoms with van der Waals surface area (Å²) < 4.78 is 8.60. The smallest absolute Gasteiger partial charge is 0.275 e. The molecule has 0 radical (unpaired) electrons. The van der Waals surface area contributed by atoms with Crippen LogP contribution in [0.25, 0.3) is 10.9 Å². The maximum Gasteiger partial charge on any atom is 0.275 e. The van der Waals surface area contributed by atoms with E-state index in [0.717, 1.165) is 22.3 Å².